The molecule has 0 atom stereocenters. The fourth-order valence-electron chi connectivity index (χ4n) is 0.225. The molecule has 0 rings (SSSR count). The number of hydrogen-bond donors (Lipinski definition) is 0. The molecular weight excluding hydrogens is 88.1 g/mol. The summed E-state index contributed by atoms with van der Waals surface area (Å²) in [6.07, 6.45) is 3.54. The van der Waals surface area contributed by atoms with E-state index in [9.17, 15) is 0 Å². The van der Waals surface area contributed by atoms with Crippen LogP contribution >= 0.6 is 0 Å². The van der Waals surface area contributed by atoms with Crippen LogP contribution in [-0.2, 0) is 4.74 Å². The van der Waals surface area contributed by atoms with Gasteiger partial charge in [-0.25, -0.2) is 0 Å². The summed E-state index contributed by atoms with van der Waals surface area (Å²) >= 11 is 0. The van der Waals surface area contributed by atoms with Crippen molar-refractivity contribution in [3.63, 3.8) is 0 Å². The summed E-state index contributed by atoms with van der Waals surface area (Å²) in [5.74, 6) is 2.63. The van der Waals surface area contributed by atoms with E-state index in [1.54, 1.807) is 6.92 Å². The van der Waals surface area contributed by atoms with Gasteiger partial charge in [-0.3, -0.25) is 0 Å². The Kier molecular flexibility index (Phi) is 4.87. The standard InChI is InChI=1S/C6H10O/c1-3-5-7-6-4-2/h3,5H2,1-2H3. The van der Waals surface area contributed by atoms with Crippen molar-refractivity contribution >= 4 is 0 Å². The van der Waals surface area contributed by atoms with Crippen molar-refractivity contribution in [2.24, 2.45) is 0 Å². The second-order valence-corrected chi connectivity index (χ2v) is 1.20. The summed E-state index contributed by atoms with van der Waals surface area (Å²) < 4.78 is 4.77. The normalized spacial score (nSPS) is 6.57. The molecule has 0 radical (unpaired) electrons. The first-order valence-electron chi connectivity index (χ1n) is 2.45. The third-order valence-corrected chi connectivity index (χ3v) is 0.480. The third kappa shape index (κ3) is 5.36. The van der Waals surface area contributed by atoms with Crippen molar-refractivity contribution in [1.29, 1.82) is 0 Å². The summed E-state index contributed by atoms with van der Waals surface area (Å²) in [4.78, 5) is 0. The second kappa shape index (κ2) is 5.36. The largest absolute Gasteiger partial charge is 0.447 e. The molecule has 0 unspecified atom stereocenters. The zero-order valence-corrected chi connectivity index (χ0v) is 4.82. The van der Waals surface area contributed by atoms with Crippen molar-refractivity contribution in [2.75, 3.05) is 6.61 Å². The van der Waals surface area contributed by atoms with Crippen LogP contribution in [0.4, 0.5) is 0 Å². The molecule has 7 heavy (non-hydrogen) atoms. The van der Waals surface area contributed by atoms with Crippen molar-refractivity contribution in [3.05, 3.63) is 0 Å². The Morgan fingerprint density at radius 3 is 2.71 bits per heavy atom. The Morgan fingerprint density at radius 1 is 1.57 bits per heavy atom. The van der Waals surface area contributed by atoms with Gasteiger partial charge in [0, 0.05) is 6.92 Å². The Labute approximate surface area is 44.7 Å². The molecule has 40 valence electrons. The van der Waals surface area contributed by atoms with Crippen LogP contribution in [-0.4, -0.2) is 6.61 Å². The van der Waals surface area contributed by atoms with Crippen LogP contribution in [0.1, 0.15) is 20.3 Å². The molecule has 0 saturated carbocycles. The minimum atomic E-state index is 0.751. The van der Waals surface area contributed by atoms with E-state index < -0.39 is 0 Å². The highest BCUT2D eigenvalue weighted by molar-refractivity contribution is 4.84. The monoisotopic (exact) mass is 98.1 g/mol. The van der Waals surface area contributed by atoms with E-state index in [0.29, 0.717) is 0 Å². The van der Waals surface area contributed by atoms with Crippen LogP contribution in [0.15, 0.2) is 0 Å². The van der Waals surface area contributed by atoms with Gasteiger partial charge in [0.1, 0.15) is 6.11 Å². The highest BCUT2D eigenvalue weighted by Gasteiger charge is 1.70. The summed E-state index contributed by atoms with van der Waals surface area (Å²) in [5.41, 5.74) is 0. The quantitative estimate of drug-likeness (QED) is 0.374. The molecule has 0 aliphatic carbocycles. The maximum Gasteiger partial charge on any atom is 0.109 e. The Balaban J connectivity index is 2.78. The Hall–Kier alpha value is -0.640. The van der Waals surface area contributed by atoms with Gasteiger partial charge in [-0.15, -0.1) is 0 Å². The second-order valence-electron chi connectivity index (χ2n) is 1.20. The van der Waals surface area contributed by atoms with Crippen LogP contribution in [0.25, 0.3) is 0 Å². The predicted molar refractivity (Wildman–Crippen MR) is 29.7 cm³/mol. The van der Waals surface area contributed by atoms with E-state index in [1.165, 1.54) is 0 Å². The number of rotatable bonds is 2. The molecule has 0 fully saturated rings. The highest BCUT2D eigenvalue weighted by atomic mass is 16.5. The average molecular weight is 98.1 g/mol. The lowest BCUT2D eigenvalue weighted by Crippen LogP contribution is -1.81. The average Bonchev–Trinajstić information content (AvgIpc) is 1.69. The molecule has 0 aliphatic rings. The van der Waals surface area contributed by atoms with E-state index in [1.807, 2.05) is 0 Å². The third-order valence-electron chi connectivity index (χ3n) is 0.480. The SMILES string of the molecule is CC#COCCC. The van der Waals surface area contributed by atoms with Crippen molar-refractivity contribution in [2.45, 2.75) is 20.3 Å². The maximum atomic E-state index is 4.77. The Bertz CT molecular complexity index is 75.9. The molecule has 0 aromatic carbocycles. The van der Waals surface area contributed by atoms with Gasteiger partial charge in [-0.2, -0.15) is 0 Å². The van der Waals surface area contributed by atoms with E-state index in [-0.39, 0.29) is 0 Å². The smallest absolute Gasteiger partial charge is 0.109 e. The minimum Gasteiger partial charge on any atom is -0.447 e. The zero-order chi connectivity index (χ0) is 5.54. The molecule has 0 aliphatic heterocycles. The van der Waals surface area contributed by atoms with Crippen LogP contribution in [0.5, 0.6) is 0 Å². The van der Waals surface area contributed by atoms with Crippen LogP contribution in [0, 0.1) is 12.0 Å². The highest BCUT2D eigenvalue weighted by Crippen LogP contribution is 1.74. The lowest BCUT2D eigenvalue weighted by Gasteiger charge is -1.87. The van der Waals surface area contributed by atoms with Crippen LogP contribution in [0.2, 0.25) is 0 Å². The van der Waals surface area contributed by atoms with Crippen molar-refractivity contribution in [3.8, 4) is 12.0 Å². The van der Waals surface area contributed by atoms with Gasteiger partial charge in [-0.1, -0.05) is 12.8 Å². The topological polar surface area (TPSA) is 9.23 Å². The van der Waals surface area contributed by atoms with E-state index >= 15 is 0 Å². The lowest BCUT2D eigenvalue weighted by atomic mass is 10.5. The van der Waals surface area contributed by atoms with Crippen molar-refractivity contribution < 1.29 is 4.74 Å². The van der Waals surface area contributed by atoms with E-state index in [0.717, 1.165) is 13.0 Å². The maximum absolute atomic E-state index is 4.77. The molecular formula is C6H10O. The molecule has 0 bridgehead atoms. The van der Waals surface area contributed by atoms with Gasteiger partial charge in [0.05, 0.1) is 6.61 Å². The molecule has 0 amide bonds. The molecule has 0 aromatic rings. The fourth-order valence-corrected chi connectivity index (χ4v) is 0.225. The van der Waals surface area contributed by atoms with Gasteiger partial charge in [0.2, 0.25) is 0 Å². The van der Waals surface area contributed by atoms with E-state index in [4.69, 9.17) is 4.74 Å². The van der Waals surface area contributed by atoms with Crippen LogP contribution < -0.4 is 0 Å². The summed E-state index contributed by atoms with van der Waals surface area (Å²) in [5, 5.41) is 0. The molecule has 0 spiro atoms. The zero-order valence-electron chi connectivity index (χ0n) is 4.82. The van der Waals surface area contributed by atoms with Gasteiger partial charge in [0.25, 0.3) is 0 Å². The van der Waals surface area contributed by atoms with Gasteiger partial charge >= 0.3 is 0 Å². The first-order chi connectivity index (χ1) is 3.41. The molecule has 1 heteroatoms. The van der Waals surface area contributed by atoms with Gasteiger partial charge in [0.15, 0.2) is 0 Å². The Morgan fingerprint density at radius 2 is 2.29 bits per heavy atom. The van der Waals surface area contributed by atoms with Gasteiger partial charge < -0.3 is 4.74 Å². The fraction of sp³-hybridized carbons (Fsp3) is 0.667. The molecule has 0 heterocycles. The van der Waals surface area contributed by atoms with Crippen LogP contribution in [0.3, 0.4) is 0 Å². The van der Waals surface area contributed by atoms with Crippen molar-refractivity contribution in [1.82, 2.24) is 0 Å². The lowest BCUT2D eigenvalue weighted by molar-refractivity contribution is 0.278. The molecule has 0 saturated heterocycles. The molecule has 0 N–H and O–H groups in total. The minimum absolute atomic E-state index is 0.751. The summed E-state index contributed by atoms with van der Waals surface area (Å²) in [6.45, 7) is 4.56. The molecule has 1 nitrogen and oxygen atoms in total. The first-order valence-corrected chi connectivity index (χ1v) is 2.45. The molecule has 0 aromatic heterocycles. The van der Waals surface area contributed by atoms with E-state index in [2.05, 4.69) is 19.0 Å². The summed E-state index contributed by atoms with van der Waals surface area (Å²) in [6, 6.07) is 0. The van der Waals surface area contributed by atoms with Gasteiger partial charge in [-0.05, 0) is 6.42 Å². The predicted octanol–water partition coefficient (Wildman–Crippen LogP) is 1.39. The number of hydrogen-bond acceptors (Lipinski definition) is 1. The summed E-state index contributed by atoms with van der Waals surface area (Å²) in [7, 11) is 0. The first kappa shape index (κ1) is 6.36. The number of ether oxygens (including phenoxy) is 1.